The molecule has 0 aliphatic heterocycles. The third-order valence-corrected chi connectivity index (χ3v) is 13.4. The van der Waals surface area contributed by atoms with E-state index in [1.54, 1.807) is 0 Å². The number of nitrogens with zero attached hydrogens (tertiary/aromatic N) is 4. The Morgan fingerprint density at radius 1 is 0.262 bits per heavy atom. The molecule has 0 fully saturated rings. The van der Waals surface area contributed by atoms with Crippen LogP contribution < -0.4 is 0 Å². The van der Waals surface area contributed by atoms with Gasteiger partial charge in [-0.05, 0) is 66.9 Å². The van der Waals surface area contributed by atoms with Gasteiger partial charge in [-0.2, -0.15) is 0 Å². The molecule has 0 bridgehead atoms. The van der Waals surface area contributed by atoms with Crippen LogP contribution in [0, 0.1) is 0 Å². The summed E-state index contributed by atoms with van der Waals surface area (Å²) in [4.78, 5) is 21.2. The summed E-state index contributed by atoms with van der Waals surface area (Å²) in [5.74, 6) is 1.88. The lowest BCUT2D eigenvalue weighted by Gasteiger charge is -2.30. The van der Waals surface area contributed by atoms with Crippen LogP contribution in [0.3, 0.4) is 0 Å². The molecule has 4 heteroatoms. The highest BCUT2D eigenvalue weighted by Crippen LogP contribution is 2.63. The Kier molecular flexibility index (Phi) is 8.40. The lowest BCUT2D eigenvalue weighted by molar-refractivity contribution is 0.794. The second kappa shape index (κ2) is 14.8. The van der Waals surface area contributed by atoms with Crippen molar-refractivity contribution in [3.05, 3.63) is 253 Å². The Bertz CT molecular complexity index is 3600. The molecule has 0 saturated heterocycles. The van der Waals surface area contributed by atoms with Gasteiger partial charge < -0.3 is 0 Å². The number of fused-ring (bicyclic) bond motifs is 11. The Balaban J connectivity index is 0.977. The number of benzene rings is 9. The van der Waals surface area contributed by atoms with Crippen LogP contribution in [-0.2, 0) is 5.41 Å². The third-order valence-electron chi connectivity index (χ3n) is 13.4. The maximum atomic E-state index is 5.37. The summed E-state index contributed by atoms with van der Waals surface area (Å²) in [6.07, 6.45) is 0. The Morgan fingerprint density at radius 3 is 1.45 bits per heavy atom. The fourth-order valence-electron chi connectivity index (χ4n) is 10.6. The molecule has 2 aliphatic rings. The minimum atomic E-state index is -0.470. The fourth-order valence-corrected chi connectivity index (χ4v) is 10.6. The quantitative estimate of drug-likeness (QED) is 0.168. The maximum absolute atomic E-state index is 5.37. The molecule has 0 radical (unpaired) electrons. The van der Waals surface area contributed by atoms with Crippen LogP contribution in [0.1, 0.15) is 22.3 Å². The molecule has 302 valence electrons. The standard InChI is InChI=1S/C61H38N4/c1-3-18-41(19-4-1)55-38-37-45(57(62-55)48-27-15-22-39-17-7-8-23-44(39)48)40-33-35-43(36-34-40)59-63-58(42-20-5-2-6-21-42)64-60(65-59)50-28-16-32-54-56(50)49-26-11-14-31-53(49)61(54)51-29-12-9-24-46(51)47-25-10-13-30-52(47)61/h1-38H. The topological polar surface area (TPSA) is 51.6 Å². The first-order chi connectivity index (χ1) is 32.2. The predicted molar refractivity (Wildman–Crippen MR) is 264 cm³/mol. The van der Waals surface area contributed by atoms with Gasteiger partial charge in [0.05, 0.1) is 16.8 Å². The Morgan fingerprint density at radius 2 is 0.738 bits per heavy atom. The van der Waals surface area contributed by atoms with E-state index in [1.165, 1.54) is 49.7 Å². The van der Waals surface area contributed by atoms with Crippen molar-refractivity contribution in [1.29, 1.82) is 0 Å². The molecule has 13 rings (SSSR count). The molecule has 0 amide bonds. The minimum Gasteiger partial charge on any atom is -0.247 e. The highest BCUT2D eigenvalue weighted by atomic mass is 15.0. The molecule has 4 nitrogen and oxygen atoms in total. The van der Waals surface area contributed by atoms with Gasteiger partial charge in [0.2, 0.25) is 0 Å². The van der Waals surface area contributed by atoms with E-state index in [9.17, 15) is 0 Å². The van der Waals surface area contributed by atoms with Gasteiger partial charge in [-0.15, -0.1) is 0 Å². The smallest absolute Gasteiger partial charge is 0.164 e. The predicted octanol–water partition coefficient (Wildman–Crippen LogP) is 14.8. The van der Waals surface area contributed by atoms with Crippen LogP contribution in [0.15, 0.2) is 231 Å². The van der Waals surface area contributed by atoms with Crippen molar-refractivity contribution in [2.75, 3.05) is 0 Å². The minimum absolute atomic E-state index is 0.470. The van der Waals surface area contributed by atoms with Gasteiger partial charge in [0.15, 0.2) is 17.5 Å². The number of rotatable bonds is 6. The maximum Gasteiger partial charge on any atom is 0.164 e. The summed E-state index contributed by atoms with van der Waals surface area (Å²) in [6.45, 7) is 0. The average Bonchev–Trinajstić information content (AvgIpc) is 3.86. The molecule has 0 atom stereocenters. The number of hydrogen-bond acceptors (Lipinski definition) is 4. The van der Waals surface area contributed by atoms with Crippen molar-refractivity contribution in [1.82, 2.24) is 19.9 Å². The molecule has 2 aliphatic carbocycles. The molecule has 9 aromatic carbocycles. The zero-order valence-corrected chi connectivity index (χ0v) is 35.2. The van der Waals surface area contributed by atoms with E-state index in [0.717, 1.165) is 55.9 Å². The van der Waals surface area contributed by atoms with Crippen LogP contribution in [0.2, 0.25) is 0 Å². The molecular weight excluding hydrogens is 789 g/mol. The summed E-state index contributed by atoms with van der Waals surface area (Å²) < 4.78 is 0. The van der Waals surface area contributed by atoms with Gasteiger partial charge in [0.1, 0.15) is 0 Å². The highest BCUT2D eigenvalue weighted by molar-refractivity contribution is 6.01. The lowest BCUT2D eigenvalue weighted by Crippen LogP contribution is -2.25. The SMILES string of the molecule is c1ccc(-c2ccc(-c3ccc(-c4nc(-c5ccccc5)nc(-c5cccc6c5-c5ccccc5C65c6ccccc6-c6ccccc65)n4)cc3)c(-c3cccc4ccccc34)n2)cc1. The second-order valence-corrected chi connectivity index (χ2v) is 16.8. The van der Waals surface area contributed by atoms with Crippen molar-refractivity contribution in [2.24, 2.45) is 0 Å². The molecule has 0 saturated carbocycles. The molecule has 0 N–H and O–H groups in total. The van der Waals surface area contributed by atoms with E-state index >= 15 is 0 Å². The first kappa shape index (κ1) is 37.0. The van der Waals surface area contributed by atoms with E-state index in [-0.39, 0.29) is 0 Å². The van der Waals surface area contributed by atoms with E-state index in [1.807, 2.05) is 24.3 Å². The van der Waals surface area contributed by atoms with E-state index in [0.29, 0.717) is 17.5 Å². The summed E-state index contributed by atoms with van der Waals surface area (Å²) >= 11 is 0. The zero-order chi connectivity index (χ0) is 42.9. The third kappa shape index (κ3) is 5.71. The van der Waals surface area contributed by atoms with Crippen molar-refractivity contribution in [2.45, 2.75) is 5.41 Å². The van der Waals surface area contributed by atoms with Crippen LogP contribution >= 0.6 is 0 Å². The van der Waals surface area contributed by atoms with Gasteiger partial charge in [0, 0.05) is 33.4 Å². The van der Waals surface area contributed by atoms with E-state index in [4.69, 9.17) is 19.9 Å². The van der Waals surface area contributed by atoms with Crippen LogP contribution in [0.5, 0.6) is 0 Å². The van der Waals surface area contributed by atoms with Crippen molar-refractivity contribution < 1.29 is 0 Å². The molecule has 65 heavy (non-hydrogen) atoms. The summed E-state index contributed by atoms with van der Waals surface area (Å²) in [5, 5.41) is 2.35. The Labute approximate surface area is 377 Å². The largest absolute Gasteiger partial charge is 0.247 e. The summed E-state index contributed by atoms with van der Waals surface area (Å²) in [6, 6.07) is 81.9. The average molecular weight is 827 g/mol. The highest BCUT2D eigenvalue weighted by Gasteiger charge is 2.52. The van der Waals surface area contributed by atoms with Gasteiger partial charge in [0.25, 0.3) is 0 Å². The molecule has 0 unspecified atom stereocenters. The fraction of sp³-hybridized carbons (Fsp3) is 0.0164. The first-order valence-electron chi connectivity index (χ1n) is 22.1. The van der Waals surface area contributed by atoms with Crippen LogP contribution in [0.25, 0.3) is 101 Å². The van der Waals surface area contributed by atoms with Crippen molar-refractivity contribution >= 4 is 10.8 Å². The molecule has 11 aromatic rings. The lowest BCUT2D eigenvalue weighted by atomic mass is 9.70. The van der Waals surface area contributed by atoms with E-state index in [2.05, 4.69) is 206 Å². The van der Waals surface area contributed by atoms with Crippen molar-refractivity contribution in [3.8, 4) is 90.1 Å². The van der Waals surface area contributed by atoms with Gasteiger partial charge >= 0.3 is 0 Å². The normalized spacial score (nSPS) is 12.7. The molecule has 2 aromatic heterocycles. The number of pyridine rings is 1. The second-order valence-electron chi connectivity index (χ2n) is 16.8. The summed E-state index contributed by atoms with van der Waals surface area (Å²) in [7, 11) is 0. The number of hydrogen-bond donors (Lipinski definition) is 0. The van der Waals surface area contributed by atoms with Gasteiger partial charge in [-0.3, -0.25) is 0 Å². The molecule has 1 spiro atoms. The molecule has 2 heterocycles. The van der Waals surface area contributed by atoms with Gasteiger partial charge in [-0.1, -0.05) is 224 Å². The van der Waals surface area contributed by atoms with E-state index < -0.39 is 5.41 Å². The summed E-state index contributed by atoms with van der Waals surface area (Å²) in [5.41, 5.74) is 18.6. The van der Waals surface area contributed by atoms with Crippen LogP contribution in [0.4, 0.5) is 0 Å². The van der Waals surface area contributed by atoms with Gasteiger partial charge in [-0.25, -0.2) is 19.9 Å². The number of aromatic nitrogens is 4. The molecular formula is C61H38N4. The first-order valence-corrected chi connectivity index (χ1v) is 22.1. The van der Waals surface area contributed by atoms with Crippen LogP contribution in [-0.4, -0.2) is 19.9 Å². The monoisotopic (exact) mass is 826 g/mol. The Hall–Kier alpha value is -8.60. The zero-order valence-electron chi connectivity index (χ0n) is 35.2. The van der Waals surface area contributed by atoms with Crippen molar-refractivity contribution in [3.63, 3.8) is 0 Å².